The van der Waals surface area contributed by atoms with Crippen molar-refractivity contribution in [1.29, 1.82) is 0 Å². The molecule has 3 aromatic heterocycles. The Kier molecular flexibility index (Phi) is 4.83. The number of rotatable bonds is 6. The van der Waals surface area contributed by atoms with E-state index in [2.05, 4.69) is 15.3 Å². The zero-order chi connectivity index (χ0) is 21.4. The maximum absolute atomic E-state index is 14.2. The summed E-state index contributed by atoms with van der Waals surface area (Å²) in [6.45, 7) is 0.588. The number of hydrogen-bond donors (Lipinski definition) is 2. The van der Waals surface area contributed by atoms with Crippen LogP contribution < -0.4 is 5.32 Å². The highest BCUT2D eigenvalue weighted by Gasteiger charge is 2.13. The predicted molar refractivity (Wildman–Crippen MR) is 118 cm³/mol. The summed E-state index contributed by atoms with van der Waals surface area (Å²) in [5, 5.41) is 15.8. The van der Waals surface area contributed by atoms with Gasteiger partial charge in [-0.1, -0.05) is 12.1 Å². The molecule has 0 bridgehead atoms. The number of hydrogen-bond acceptors (Lipinski definition) is 6. The minimum Gasteiger partial charge on any atom is -0.478 e. The summed E-state index contributed by atoms with van der Waals surface area (Å²) in [4.78, 5) is 19.8. The van der Waals surface area contributed by atoms with E-state index < -0.39 is 5.97 Å². The van der Waals surface area contributed by atoms with Crippen LogP contribution in [0.3, 0.4) is 0 Å². The van der Waals surface area contributed by atoms with E-state index in [0.29, 0.717) is 40.1 Å². The molecule has 8 heteroatoms. The fraction of sp³-hybridized carbons (Fsp3) is 0.0870. The highest BCUT2D eigenvalue weighted by atomic mass is 32.1. The van der Waals surface area contributed by atoms with Gasteiger partial charge < -0.3 is 14.8 Å². The maximum atomic E-state index is 14.2. The van der Waals surface area contributed by atoms with Gasteiger partial charge >= 0.3 is 5.97 Å². The summed E-state index contributed by atoms with van der Waals surface area (Å²) in [5.74, 6) is -0.572. The number of fused-ring (bicyclic) bond motifs is 2. The molecule has 3 heterocycles. The molecule has 0 saturated carbocycles. The summed E-state index contributed by atoms with van der Waals surface area (Å²) in [6, 6.07) is 12.6. The van der Waals surface area contributed by atoms with Gasteiger partial charge in [-0.25, -0.2) is 19.2 Å². The lowest BCUT2D eigenvalue weighted by Crippen LogP contribution is -2.07. The first kappa shape index (κ1) is 19.2. The Morgan fingerprint density at radius 1 is 1.16 bits per heavy atom. The van der Waals surface area contributed by atoms with Crippen molar-refractivity contribution in [2.24, 2.45) is 0 Å². The number of carboxylic acid groups (broad SMARTS) is 1. The van der Waals surface area contributed by atoms with Crippen molar-refractivity contribution < 1.29 is 18.7 Å². The molecular formula is C23H16FN3O3S. The number of aromatic carboxylic acids is 1. The summed E-state index contributed by atoms with van der Waals surface area (Å²) in [6.07, 6.45) is 3.35. The van der Waals surface area contributed by atoms with Crippen LogP contribution in [0, 0.1) is 5.82 Å². The molecule has 0 radical (unpaired) electrons. The fourth-order valence-corrected chi connectivity index (χ4v) is 4.33. The Morgan fingerprint density at radius 2 is 2.06 bits per heavy atom. The first-order chi connectivity index (χ1) is 15.1. The number of halogens is 1. The zero-order valence-corrected chi connectivity index (χ0v) is 16.9. The van der Waals surface area contributed by atoms with Gasteiger partial charge in [0.1, 0.15) is 35.4 Å². The monoisotopic (exact) mass is 433 g/mol. The molecular weight excluding hydrogens is 417 g/mol. The molecule has 0 aliphatic heterocycles. The van der Waals surface area contributed by atoms with Crippen LogP contribution in [0.15, 0.2) is 64.9 Å². The van der Waals surface area contributed by atoms with Crippen LogP contribution in [-0.2, 0) is 6.42 Å². The number of anilines is 1. The second-order valence-electron chi connectivity index (χ2n) is 7.05. The standard InChI is InChI=1S/C23H16FN3O3S/c24-18-8-13(7-15-4-6-31-22(15)18)3-5-25-21-10-19(26-12-27-21)14-1-2-16-17(23(28)29)11-30-20(16)9-14/h1-2,4,6-12H,3,5H2,(H,28,29)(H,25,26,27). The first-order valence-electron chi connectivity index (χ1n) is 9.55. The number of thiophene rings is 1. The van der Waals surface area contributed by atoms with E-state index >= 15 is 0 Å². The molecule has 0 amide bonds. The van der Waals surface area contributed by atoms with Crippen molar-refractivity contribution in [3.8, 4) is 11.3 Å². The zero-order valence-electron chi connectivity index (χ0n) is 16.1. The van der Waals surface area contributed by atoms with E-state index in [0.717, 1.165) is 16.5 Å². The van der Waals surface area contributed by atoms with Gasteiger partial charge in [-0.15, -0.1) is 11.3 Å². The molecule has 0 saturated heterocycles. The SMILES string of the molecule is O=C(O)c1coc2cc(-c3cc(NCCc4cc(F)c5sccc5c4)ncn3)ccc12. The lowest BCUT2D eigenvalue weighted by molar-refractivity contribution is 0.0698. The van der Waals surface area contributed by atoms with E-state index in [9.17, 15) is 14.3 Å². The van der Waals surface area contributed by atoms with E-state index in [1.54, 1.807) is 24.3 Å². The molecule has 0 spiro atoms. The number of carbonyl (C=O) groups is 1. The Balaban J connectivity index is 1.31. The average Bonchev–Trinajstić information content (AvgIpc) is 3.41. The lowest BCUT2D eigenvalue weighted by atomic mass is 10.1. The molecule has 2 aromatic carbocycles. The number of carboxylic acids is 1. The highest BCUT2D eigenvalue weighted by molar-refractivity contribution is 7.17. The third-order valence-corrected chi connectivity index (χ3v) is 5.99. The van der Waals surface area contributed by atoms with Crippen molar-refractivity contribution in [2.75, 3.05) is 11.9 Å². The molecule has 0 aliphatic rings. The Morgan fingerprint density at radius 3 is 2.94 bits per heavy atom. The predicted octanol–water partition coefficient (Wildman–Crippen LogP) is 5.60. The summed E-state index contributed by atoms with van der Waals surface area (Å²) >= 11 is 1.40. The van der Waals surface area contributed by atoms with Crippen LogP contribution in [0.25, 0.3) is 32.3 Å². The first-order valence-corrected chi connectivity index (χ1v) is 10.4. The molecule has 154 valence electrons. The van der Waals surface area contributed by atoms with Gasteiger partial charge in [0.05, 0.1) is 10.4 Å². The van der Waals surface area contributed by atoms with Gasteiger partial charge in [0.25, 0.3) is 0 Å². The van der Waals surface area contributed by atoms with Gasteiger partial charge in [-0.05, 0) is 47.0 Å². The third kappa shape index (κ3) is 3.73. The number of furan rings is 1. The van der Waals surface area contributed by atoms with Gasteiger partial charge in [-0.2, -0.15) is 0 Å². The van der Waals surface area contributed by atoms with E-state index in [1.807, 2.05) is 23.6 Å². The summed E-state index contributed by atoms with van der Waals surface area (Å²) < 4.78 is 20.2. The maximum Gasteiger partial charge on any atom is 0.339 e. The molecule has 2 N–H and O–H groups in total. The third-order valence-electron chi connectivity index (χ3n) is 5.05. The minimum atomic E-state index is -1.03. The molecule has 5 aromatic rings. The quantitative estimate of drug-likeness (QED) is 0.363. The second-order valence-corrected chi connectivity index (χ2v) is 7.96. The smallest absolute Gasteiger partial charge is 0.339 e. The van der Waals surface area contributed by atoms with Gasteiger partial charge in [-0.3, -0.25) is 0 Å². The Bertz CT molecular complexity index is 1430. The molecule has 0 fully saturated rings. The van der Waals surface area contributed by atoms with Gasteiger partial charge in [0, 0.05) is 23.6 Å². The van der Waals surface area contributed by atoms with Crippen molar-refractivity contribution in [1.82, 2.24) is 9.97 Å². The normalized spacial score (nSPS) is 11.3. The average molecular weight is 433 g/mol. The highest BCUT2D eigenvalue weighted by Crippen LogP contribution is 2.28. The van der Waals surface area contributed by atoms with Crippen LogP contribution in [0.5, 0.6) is 0 Å². The summed E-state index contributed by atoms with van der Waals surface area (Å²) in [5.41, 5.74) is 2.99. The number of nitrogens with one attached hydrogen (secondary N) is 1. The number of benzene rings is 2. The molecule has 0 unspecified atom stereocenters. The van der Waals surface area contributed by atoms with E-state index in [1.165, 1.54) is 23.9 Å². The van der Waals surface area contributed by atoms with Crippen LogP contribution in [-0.4, -0.2) is 27.6 Å². The van der Waals surface area contributed by atoms with Crippen molar-refractivity contribution in [3.63, 3.8) is 0 Å². The molecule has 31 heavy (non-hydrogen) atoms. The second kappa shape index (κ2) is 7.81. The van der Waals surface area contributed by atoms with Gasteiger partial charge in [0.2, 0.25) is 0 Å². The van der Waals surface area contributed by atoms with Crippen LogP contribution >= 0.6 is 11.3 Å². The molecule has 0 aliphatic carbocycles. The van der Waals surface area contributed by atoms with Gasteiger partial charge in [0.15, 0.2) is 0 Å². The number of nitrogens with zero attached hydrogens (tertiary/aromatic N) is 2. The molecule has 0 atom stereocenters. The molecule has 5 rings (SSSR count). The van der Waals surface area contributed by atoms with Crippen molar-refractivity contribution >= 4 is 44.2 Å². The Labute approximate surface area is 180 Å². The van der Waals surface area contributed by atoms with Crippen LogP contribution in [0.2, 0.25) is 0 Å². The fourth-order valence-electron chi connectivity index (χ4n) is 3.54. The van der Waals surface area contributed by atoms with E-state index in [4.69, 9.17) is 4.42 Å². The van der Waals surface area contributed by atoms with Crippen molar-refractivity contribution in [3.05, 3.63) is 77.4 Å². The minimum absolute atomic E-state index is 0.128. The lowest BCUT2D eigenvalue weighted by Gasteiger charge is -2.08. The number of aromatic nitrogens is 2. The van der Waals surface area contributed by atoms with E-state index in [-0.39, 0.29) is 11.4 Å². The Hall–Kier alpha value is -3.78. The largest absolute Gasteiger partial charge is 0.478 e. The van der Waals surface area contributed by atoms with Crippen LogP contribution in [0.4, 0.5) is 10.2 Å². The molecule has 6 nitrogen and oxygen atoms in total. The summed E-state index contributed by atoms with van der Waals surface area (Å²) in [7, 11) is 0. The van der Waals surface area contributed by atoms with Crippen molar-refractivity contribution in [2.45, 2.75) is 6.42 Å². The topological polar surface area (TPSA) is 88.2 Å². The van der Waals surface area contributed by atoms with Crippen LogP contribution in [0.1, 0.15) is 15.9 Å².